The summed E-state index contributed by atoms with van der Waals surface area (Å²) < 4.78 is 0. The molecule has 0 amide bonds. The van der Waals surface area contributed by atoms with Crippen LogP contribution in [0.3, 0.4) is 0 Å². The molecule has 0 radical (unpaired) electrons. The van der Waals surface area contributed by atoms with Crippen molar-refractivity contribution in [2.45, 2.75) is 70.3 Å². The molecule has 4 unspecified atom stereocenters. The second kappa shape index (κ2) is 6.62. The van der Waals surface area contributed by atoms with Gasteiger partial charge in [0.2, 0.25) is 0 Å². The Morgan fingerprint density at radius 3 is 2.78 bits per heavy atom. The fourth-order valence-corrected chi connectivity index (χ4v) is 4.73. The van der Waals surface area contributed by atoms with E-state index in [1.165, 1.54) is 38.1 Å². The molecule has 1 heterocycles. The van der Waals surface area contributed by atoms with E-state index in [-0.39, 0.29) is 0 Å². The number of rotatable bonds is 4. The molecule has 2 aliphatic rings. The Hall–Kier alpha value is 0.270. The second-order valence-electron chi connectivity index (χ2n) is 6.36. The second-order valence-corrected chi connectivity index (χ2v) is 7.94. The van der Waals surface area contributed by atoms with E-state index in [2.05, 4.69) is 49.7 Å². The summed E-state index contributed by atoms with van der Waals surface area (Å²) in [5.74, 6) is 2.05. The fourth-order valence-electron chi connectivity index (χ4n) is 3.60. The molecule has 4 atom stereocenters. The van der Waals surface area contributed by atoms with Gasteiger partial charge in [0.05, 0.1) is 0 Å². The molecule has 3 heteroatoms. The first-order chi connectivity index (χ1) is 8.61. The fraction of sp³-hybridized carbons (Fsp3) is 1.00. The lowest BCUT2D eigenvalue weighted by atomic mass is 9.96. The Morgan fingerprint density at radius 2 is 2.11 bits per heavy atom. The Balaban J connectivity index is 1.96. The third kappa shape index (κ3) is 3.43. The molecule has 1 saturated carbocycles. The number of piperazine rings is 1. The van der Waals surface area contributed by atoms with Crippen molar-refractivity contribution in [3.63, 3.8) is 0 Å². The topological polar surface area (TPSA) is 15.3 Å². The zero-order valence-corrected chi connectivity index (χ0v) is 13.3. The molecule has 1 saturated heterocycles. The summed E-state index contributed by atoms with van der Waals surface area (Å²) in [6.07, 6.45) is 4.29. The molecular weight excluding hydrogens is 240 g/mol. The lowest BCUT2D eigenvalue weighted by molar-refractivity contribution is 0.0615. The van der Waals surface area contributed by atoms with Gasteiger partial charge in [-0.3, -0.25) is 4.90 Å². The first-order valence-electron chi connectivity index (χ1n) is 7.72. The van der Waals surface area contributed by atoms with Gasteiger partial charge in [-0.25, -0.2) is 0 Å². The summed E-state index contributed by atoms with van der Waals surface area (Å²) in [6.45, 7) is 11.8. The molecule has 2 rings (SSSR count). The van der Waals surface area contributed by atoms with Crippen LogP contribution < -0.4 is 5.32 Å². The van der Waals surface area contributed by atoms with E-state index in [1.807, 2.05) is 0 Å². The molecule has 0 bridgehead atoms. The molecule has 0 aromatic carbocycles. The molecule has 1 aliphatic carbocycles. The lowest BCUT2D eigenvalue weighted by Crippen LogP contribution is -2.59. The lowest BCUT2D eigenvalue weighted by Gasteiger charge is -2.45. The number of nitrogens with one attached hydrogen (secondary N) is 1. The van der Waals surface area contributed by atoms with Crippen LogP contribution in [0.25, 0.3) is 0 Å². The highest BCUT2D eigenvalue weighted by atomic mass is 32.2. The molecule has 18 heavy (non-hydrogen) atoms. The zero-order valence-electron chi connectivity index (χ0n) is 12.5. The van der Waals surface area contributed by atoms with E-state index in [1.54, 1.807) is 0 Å². The Morgan fingerprint density at radius 1 is 1.33 bits per heavy atom. The smallest absolute Gasteiger partial charge is 0.0247 e. The van der Waals surface area contributed by atoms with Gasteiger partial charge < -0.3 is 5.32 Å². The van der Waals surface area contributed by atoms with Crippen molar-refractivity contribution in [2.75, 3.05) is 18.8 Å². The summed E-state index contributed by atoms with van der Waals surface area (Å²) in [5.41, 5.74) is 0. The quantitative estimate of drug-likeness (QED) is 0.845. The maximum atomic E-state index is 3.66. The van der Waals surface area contributed by atoms with Gasteiger partial charge in [0.15, 0.2) is 0 Å². The summed E-state index contributed by atoms with van der Waals surface area (Å²) in [5, 5.41) is 4.59. The maximum Gasteiger partial charge on any atom is 0.0247 e. The van der Waals surface area contributed by atoms with Gasteiger partial charge in [-0.05, 0) is 37.9 Å². The first kappa shape index (κ1) is 14.7. The summed E-state index contributed by atoms with van der Waals surface area (Å²) in [4.78, 5) is 2.84. The molecule has 0 aromatic rings. The maximum absolute atomic E-state index is 3.66. The average Bonchev–Trinajstić information content (AvgIpc) is 2.77. The SMILES string of the molecule is CCSC1CCC(N2CC(C)NCC2C(C)C)C1. The number of nitrogens with zero attached hydrogens (tertiary/aromatic N) is 1. The molecule has 2 fully saturated rings. The van der Waals surface area contributed by atoms with Crippen LogP contribution in [0.1, 0.15) is 47.0 Å². The minimum absolute atomic E-state index is 0.665. The predicted octanol–water partition coefficient (Wildman–Crippen LogP) is 2.98. The van der Waals surface area contributed by atoms with Crippen LogP contribution in [-0.4, -0.2) is 47.1 Å². The van der Waals surface area contributed by atoms with Gasteiger partial charge in [0.25, 0.3) is 0 Å². The van der Waals surface area contributed by atoms with Crippen LogP contribution in [0.4, 0.5) is 0 Å². The van der Waals surface area contributed by atoms with Crippen LogP contribution in [0.2, 0.25) is 0 Å². The Kier molecular flexibility index (Phi) is 5.40. The van der Waals surface area contributed by atoms with Crippen LogP contribution in [-0.2, 0) is 0 Å². The first-order valence-corrected chi connectivity index (χ1v) is 8.77. The van der Waals surface area contributed by atoms with Crippen molar-refractivity contribution in [1.82, 2.24) is 10.2 Å². The third-order valence-corrected chi connectivity index (χ3v) is 5.82. The summed E-state index contributed by atoms with van der Waals surface area (Å²) in [7, 11) is 0. The van der Waals surface area contributed by atoms with Gasteiger partial charge in [-0.1, -0.05) is 20.8 Å². The number of thioether (sulfide) groups is 1. The highest BCUT2D eigenvalue weighted by molar-refractivity contribution is 7.99. The van der Waals surface area contributed by atoms with Gasteiger partial charge in [0, 0.05) is 36.5 Å². The van der Waals surface area contributed by atoms with Crippen molar-refractivity contribution < 1.29 is 0 Å². The molecule has 0 aromatic heterocycles. The van der Waals surface area contributed by atoms with Crippen LogP contribution >= 0.6 is 11.8 Å². The van der Waals surface area contributed by atoms with E-state index in [9.17, 15) is 0 Å². The van der Waals surface area contributed by atoms with Crippen LogP contribution in [0.15, 0.2) is 0 Å². The number of hydrogen-bond donors (Lipinski definition) is 1. The normalized spacial score (nSPS) is 38.5. The highest BCUT2D eigenvalue weighted by Gasteiger charge is 2.36. The van der Waals surface area contributed by atoms with Gasteiger partial charge in [-0.15, -0.1) is 0 Å². The monoisotopic (exact) mass is 270 g/mol. The number of hydrogen-bond acceptors (Lipinski definition) is 3. The minimum atomic E-state index is 0.665. The predicted molar refractivity (Wildman–Crippen MR) is 82.4 cm³/mol. The highest BCUT2D eigenvalue weighted by Crippen LogP contribution is 2.35. The Bertz CT molecular complexity index is 257. The van der Waals surface area contributed by atoms with E-state index in [0.29, 0.717) is 6.04 Å². The Labute approximate surface area is 117 Å². The molecule has 0 spiro atoms. The van der Waals surface area contributed by atoms with Crippen molar-refractivity contribution in [3.8, 4) is 0 Å². The molecular formula is C15H30N2S. The van der Waals surface area contributed by atoms with Crippen LogP contribution in [0.5, 0.6) is 0 Å². The molecule has 106 valence electrons. The summed E-state index contributed by atoms with van der Waals surface area (Å²) >= 11 is 2.17. The van der Waals surface area contributed by atoms with E-state index in [0.717, 1.165) is 23.3 Å². The molecule has 2 nitrogen and oxygen atoms in total. The standard InChI is InChI=1S/C15H30N2S/c1-5-18-14-7-6-13(8-14)17-10-12(4)16-9-15(17)11(2)3/h11-16H,5-10H2,1-4H3. The van der Waals surface area contributed by atoms with Gasteiger partial charge >= 0.3 is 0 Å². The zero-order chi connectivity index (χ0) is 13.1. The van der Waals surface area contributed by atoms with Crippen molar-refractivity contribution >= 4 is 11.8 Å². The van der Waals surface area contributed by atoms with E-state index >= 15 is 0 Å². The van der Waals surface area contributed by atoms with E-state index < -0.39 is 0 Å². The molecule has 1 aliphatic heterocycles. The third-order valence-electron chi connectivity index (χ3n) is 4.58. The van der Waals surface area contributed by atoms with Gasteiger partial charge in [0.1, 0.15) is 0 Å². The van der Waals surface area contributed by atoms with Crippen molar-refractivity contribution in [1.29, 1.82) is 0 Å². The summed E-state index contributed by atoms with van der Waals surface area (Å²) in [6, 6.07) is 2.26. The van der Waals surface area contributed by atoms with Crippen molar-refractivity contribution in [3.05, 3.63) is 0 Å². The minimum Gasteiger partial charge on any atom is -0.311 e. The molecule has 1 N–H and O–H groups in total. The van der Waals surface area contributed by atoms with E-state index in [4.69, 9.17) is 0 Å². The van der Waals surface area contributed by atoms with Crippen LogP contribution in [0, 0.1) is 5.92 Å². The van der Waals surface area contributed by atoms with Gasteiger partial charge in [-0.2, -0.15) is 11.8 Å². The van der Waals surface area contributed by atoms with Crippen molar-refractivity contribution in [2.24, 2.45) is 5.92 Å². The largest absolute Gasteiger partial charge is 0.311 e. The average molecular weight is 270 g/mol.